The van der Waals surface area contributed by atoms with Gasteiger partial charge in [0, 0.05) is 25.4 Å². The van der Waals surface area contributed by atoms with Crippen LogP contribution < -0.4 is 5.32 Å². The van der Waals surface area contributed by atoms with Gasteiger partial charge in [-0.3, -0.25) is 9.67 Å². The van der Waals surface area contributed by atoms with E-state index >= 15 is 0 Å². The fourth-order valence-electron chi connectivity index (χ4n) is 1.67. The van der Waals surface area contributed by atoms with Gasteiger partial charge in [0.05, 0.1) is 18.1 Å². The minimum Gasteiger partial charge on any atom is -0.379 e. The molecule has 17 heavy (non-hydrogen) atoms. The minimum absolute atomic E-state index is 0.743. The van der Waals surface area contributed by atoms with Crippen molar-refractivity contribution in [2.45, 2.75) is 19.9 Å². The third-order valence-corrected chi connectivity index (χ3v) is 3.72. The molecule has 0 aliphatic carbocycles. The van der Waals surface area contributed by atoms with Crippen molar-refractivity contribution in [3.8, 4) is 0 Å². The first kappa shape index (κ1) is 12.1. The molecule has 0 aliphatic rings. The fraction of sp³-hybridized carbons (Fsp3) is 0.333. The van der Waals surface area contributed by atoms with E-state index in [1.165, 1.54) is 5.56 Å². The van der Waals surface area contributed by atoms with Gasteiger partial charge < -0.3 is 5.32 Å². The average molecular weight is 295 g/mol. The summed E-state index contributed by atoms with van der Waals surface area (Å²) in [6.07, 6.45) is 6.55. The molecule has 0 aliphatic heterocycles. The fourth-order valence-corrected chi connectivity index (χ4v) is 2.00. The lowest BCUT2D eigenvalue weighted by molar-refractivity contribution is 0.748. The second-order valence-electron chi connectivity index (χ2n) is 3.82. The molecular weight excluding hydrogens is 280 g/mol. The maximum absolute atomic E-state index is 4.19. The number of anilines is 1. The quantitative estimate of drug-likeness (QED) is 0.943. The third kappa shape index (κ3) is 2.66. The molecule has 2 rings (SSSR count). The molecule has 2 aromatic rings. The van der Waals surface area contributed by atoms with Crippen LogP contribution in [0.25, 0.3) is 0 Å². The molecule has 2 heterocycles. The first-order valence-electron chi connectivity index (χ1n) is 5.55. The first-order valence-corrected chi connectivity index (χ1v) is 6.34. The van der Waals surface area contributed by atoms with Gasteiger partial charge in [0.1, 0.15) is 4.60 Å². The maximum Gasteiger partial charge on any atom is 0.108 e. The molecule has 4 nitrogen and oxygen atoms in total. The van der Waals surface area contributed by atoms with Crippen molar-refractivity contribution >= 4 is 21.6 Å². The monoisotopic (exact) mass is 294 g/mol. The van der Waals surface area contributed by atoms with Crippen LogP contribution in [-0.2, 0) is 20.0 Å². The summed E-state index contributed by atoms with van der Waals surface area (Å²) in [5.74, 6) is 0. The Bertz CT molecular complexity index is 507. The Morgan fingerprint density at radius 2 is 2.18 bits per heavy atom. The van der Waals surface area contributed by atoms with Crippen LogP contribution in [-0.4, -0.2) is 14.8 Å². The number of aryl methyl sites for hydroxylation is 2. The normalized spacial score (nSPS) is 10.5. The number of hydrogen-bond acceptors (Lipinski definition) is 3. The Morgan fingerprint density at radius 3 is 2.82 bits per heavy atom. The van der Waals surface area contributed by atoms with Crippen LogP contribution in [0.4, 0.5) is 5.69 Å². The molecule has 0 bridgehead atoms. The van der Waals surface area contributed by atoms with E-state index in [0.29, 0.717) is 0 Å². The molecule has 0 fully saturated rings. The largest absolute Gasteiger partial charge is 0.379 e. The van der Waals surface area contributed by atoms with E-state index in [0.717, 1.165) is 28.8 Å². The summed E-state index contributed by atoms with van der Waals surface area (Å²) in [5.41, 5.74) is 3.50. The summed E-state index contributed by atoms with van der Waals surface area (Å²) in [6.45, 7) is 2.88. The zero-order valence-electron chi connectivity index (χ0n) is 9.94. The predicted molar refractivity (Wildman–Crippen MR) is 71.8 cm³/mol. The average Bonchev–Trinajstić information content (AvgIpc) is 2.68. The van der Waals surface area contributed by atoms with E-state index in [2.05, 4.69) is 38.3 Å². The standard InChI is InChI=1S/C12H15BrN4/c1-3-9-4-5-14-8-11(9)15-6-10-7-16-17(2)12(10)13/h4-5,7-8,15H,3,6H2,1-2H3. The van der Waals surface area contributed by atoms with Gasteiger partial charge in [-0.25, -0.2) is 0 Å². The molecule has 0 atom stereocenters. The van der Waals surface area contributed by atoms with Crippen molar-refractivity contribution in [3.05, 3.63) is 40.4 Å². The molecule has 1 N–H and O–H groups in total. The van der Waals surface area contributed by atoms with Gasteiger partial charge in [0.15, 0.2) is 0 Å². The van der Waals surface area contributed by atoms with Gasteiger partial charge in [0.25, 0.3) is 0 Å². The number of hydrogen-bond donors (Lipinski definition) is 1. The molecule has 2 aromatic heterocycles. The lowest BCUT2D eigenvalue weighted by atomic mass is 10.2. The first-order chi connectivity index (χ1) is 8.22. The number of pyridine rings is 1. The highest BCUT2D eigenvalue weighted by Crippen LogP contribution is 2.19. The van der Waals surface area contributed by atoms with Crippen molar-refractivity contribution in [3.63, 3.8) is 0 Å². The molecule has 0 saturated heterocycles. The van der Waals surface area contributed by atoms with Crippen molar-refractivity contribution < 1.29 is 0 Å². The van der Waals surface area contributed by atoms with Gasteiger partial charge in [-0.1, -0.05) is 6.92 Å². The van der Waals surface area contributed by atoms with Gasteiger partial charge >= 0.3 is 0 Å². The highest BCUT2D eigenvalue weighted by Gasteiger charge is 2.06. The van der Waals surface area contributed by atoms with Crippen LogP contribution in [0, 0.1) is 0 Å². The lowest BCUT2D eigenvalue weighted by Gasteiger charge is -2.09. The zero-order valence-corrected chi connectivity index (χ0v) is 11.5. The van der Waals surface area contributed by atoms with Crippen LogP contribution in [0.5, 0.6) is 0 Å². The Labute approximate surface area is 109 Å². The lowest BCUT2D eigenvalue weighted by Crippen LogP contribution is -2.02. The van der Waals surface area contributed by atoms with Crippen LogP contribution in [0.15, 0.2) is 29.3 Å². The number of aromatic nitrogens is 3. The molecule has 0 saturated carbocycles. The summed E-state index contributed by atoms with van der Waals surface area (Å²) in [6, 6.07) is 2.04. The number of halogens is 1. The second kappa shape index (κ2) is 5.31. The predicted octanol–water partition coefficient (Wildman–Crippen LogP) is 2.75. The van der Waals surface area contributed by atoms with E-state index in [-0.39, 0.29) is 0 Å². The van der Waals surface area contributed by atoms with E-state index in [1.807, 2.05) is 31.7 Å². The Kier molecular flexibility index (Phi) is 3.78. The zero-order chi connectivity index (χ0) is 12.3. The summed E-state index contributed by atoms with van der Waals surface area (Å²) in [4.78, 5) is 4.14. The van der Waals surface area contributed by atoms with Gasteiger partial charge in [0.2, 0.25) is 0 Å². The molecule has 90 valence electrons. The molecule has 0 radical (unpaired) electrons. The summed E-state index contributed by atoms with van der Waals surface area (Å²) in [5, 5.41) is 7.57. The number of nitrogens with one attached hydrogen (secondary N) is 1. The van der Waals surface area contributed by atoms with Crippen molar-refractivity contribution in [2.75, 3.05) is 5.32 Å². The van der Waals surface area contributed by atoms with Crippen molar-refractivity contribution in [1.82, 2.24) is 14.8 Å². The summed E-state index contributed by atoms with van der Waals surface area (Å²) < 4.78 is 2.81. The van der Waals surface area contributed by atoms with Crippen molar-refractivity contribution in [1.29, 1.82) is 0 Å². The van der Waals surface area contributed by atoms with Gasteiger partial charge in [-0.2, -0.15) is 5.10 Å². The molecule has 5 heteroatoms. The Balaban J connectivity index is 2.10. The van der Waals surface area contributed by atoms with Gasteiger partial charge in [-0.05, 0) is 34.0 Å². The highest BCUT2D eigenvalue weighted by molar-refractivity contribution is 9.10. The summed E-state index contributed by atoms with van der Waals surface area (Å²) >= 11 is 3.50. The minimum atomic E-state index is 0.743. The maximum atomic E-state index is 4.19. The molecule has 0 aromatic carbocycles. The smallest absolute Gasteiger partial charge is 0.108 e. The topological polar surface area (TPSA) is 42.7 Å². The Hall–Kier alpha value is -1.36. The van der Waals surface area contributed by atoms with E-state index in [4.69, 9.17) is 0 Å². The number of rotatable bonds is 4. The highest BCUT2D eigenvalue weighted by atomic mass is 79.9. The van der Waals surface area contributed by atoms with Crippen LogP contribution in [0.3, 0.4) is 0 Å². The SMILES string of the molecule is CCc1ccncc1NCc1cnn(C)c1Br. The van der Waals surface area contributed by atoms with Crippen LogP contribution in [0.1, 0.15) is 18.1 Å². The van der Waals surface area contributed by atoms with E-state index < -0.39 is 0 Å². The molecule has 0 unspecified atom stereocenters. The molecule has 0 spiro atoms. The van der Waals surface area contributed by atoms with Crippen molar-refractivity contribution in [2.24, 2.45) is 7.05 Å². The second-order valence-corrected chi connectivity index (χ2v) is 4.58. The van der Waals surface area contributed by atoms with Crippen LogP contribution >= 0.6 is 15.9 Å². The molecule has 0 amide bonds. The van der Waals surface area contributed by atoms with E-state index in [1.54, 1.807) is 4.68 Å². The third-order valence-electron chi connectivity index (χ3n) is 2.70. The van der Waals surface area contributed by atoms with Gasteiger partial charge in [-0.15, -0.1) is 0 Å². The molecular formula is C12H15BrN4. The Morgan fingerprint density at radius 1 is 1.35 bits per heavy atom. The summed E-state index contributed by atoms with van der Waals surface area (Å²) in [7, 11) is 1.91. The van der Waals surface area contributed by atoms with Crippen LogP contribution in [0.2, 0.25) is 0 Å². The van der Waals surface area contributed by atoms with E-state index in [9.17, 15) is 0 Å². The number of nitrogens with zero attached hydrogens (tertiary/aromatic N) is 3.